The summed E-state index contributed by atoms with van der Waals surface area (Å²) in [5.74, 6) is 0.448. The lowest BCUT2D eigenvalue weighted by atomic mass is 9.82. The number of hydrogen-bond acceptors (Lipinski definition) is 10. The van der Waals surface area contributed by atoms with Crippen molar-refractivity contribution < 1.29 is 38.1 Å². The van der Waals surface area contributed by atoms with Gasteiger partial charge in [-0.05, 0) is 112 Å². The number of rotatable bonds is 17. The topological polar surface area (TPSA) is 152 Å². The van der Waals surface area contributed by atoms with Crippen molar-refractivity contribution in [3.05, 3.63) is 89.2 Å². The quantitative estimate of drug-likeness (QED) is 0.0700. The van der Waals surface area contributed by atoms with Crippen LogP contribution in [0.25, 0.3) is 0 Å². The zero-order valence-corrected chi connectivity index (χ0v) is 35.0. The third kappa shape index (κ3) is 7.89. The number of aryl methyl sites for hydroxylation is 1. The highest BCUT2D eigenvalue weighted by Crippen LogP contribution is 2.60. The van der Waals surface area contributed by atoms with Gasteiger partial charge in [-0.15, -0.1) is 5.10 Å². The molecule has 0 aliphatic carbocycles. The number of unbranched alkanes of at least 4 members (excludes halogenated alkanes) is 1. The number of benzene rings is 3. The zero-order chi connectivity index (χ0) is 41.2. The molecule has 310 valence electrons. The fourth-order valence-electron chi connectivity index (χ4n) is 9.21. The molecule has 1 spiro atoms. The Hall–Kier alpha value is -4.67. The lowest BCUT2D eigenvalue weighted by Gasteiger charge is -2.35. The van der Waals surface area contributed by atoms with E-state index >= 15 is 8.90 Å². The third-order valence-corrected chi connectivity index (χ3v) is 14.3. The monoisotopic (exact) mass is 814 g/mol. The highest BCUT2D eigenvalue weighted by molar-refractivity contribution is 6.72. The van der Waals surface area contributed by atoms with Crippen LogP contribution >= 0.6 is 0 Å². The molecule has 1 aromatic heterocycles. The maximum absolute atomic E-state index is 16.5. The first kappa shape index (κ1) is 41.5. The molecule has 58 heavy (non-hydrogen) atoms. The summed E-state index contributed by atoms with van der Waals surface area (Å²) in [4.78, 5) is 32.9. The Bertz CT molecular complexity index is 2110. The van der Waals surface area contributed by atoms with Gasteiger partial charge in [0.05, 0.1) is 49.5 Å². The van der Waals surface area contributed by atoms with Gasteiger partial charge in [0.1, 0.15) is 11.5 Å². The summed E-state index contributed by atoms with van der Waals surface area (Å²) in [5.41, 5.74) is 3.23. The van der Waals surface area contributed by atoms with E-state index < -0.39 is 37.6 Å². The van der Waals surface area contributed by atoms with E-state index in [-0.39, 0.29) is 31.6 Å². The van der Waals surface area contributed by atoms with E-state index in [0.29, 0.717) is 73.8 Å². The Kier molecular flexibility index (Phi) is 12.4. The summed E-state index contributed by atoms with van der Waals surface area (Å²) in [6.45, 7) is 8.99. The van der Waals surface area contributed by atoms with E-state index in [1.165, 1.54) is 0 Å². The van der Waals surface area contributed by atoms with Crippen LogP contribution in [-0.2, 0) is 45.9 Å². The van der Waals surface area contributed by atoms with Crippen LogP contribution in [0.5, 0.6) is 11.5 Å². The van der Waals surface area contributed by atoms with Crippen molar-refractivity contribution in [3.8, 4) is 11.5 Å². The Balaban J connectivity index is 1.21. The smallest absolute Gasteiger partial charge is 0.264 e. The van der Waals surface area contributed by atoms with Gasteiger partial charge in [0.25, 0.3) is 5.91 Å². The van der Waals surface area contributed by atoms with Crippen LogP contribution in [0.2, 0.25) is 18.6 Å². The lowest BCUT2D eigenvalue weighted by molar-refractivity contribution is -0.146. The number of nitrogens with one attached hydrogen (secondary N) is 1. The molecule has 3 N–H and O–H groups in total. The number of aliphatic hydroxyl groups is 2. The van der Waals surface area contributed by atoms with Crippen LogP contribution < -0.4 is 24.6 Å². The average Bonchev–Trinajstić information content (AvgIpc) is 3.85. The minimum Gasteiger partial charge on any atom is -0.497 e. The van der Waals surface area contributed by atoms with Gasteiger partial charge in [-0.1, -0.05) is 24.3 Å². The standard InChI is InChI=1S/C43H55FN6O7Si/c1-6-56-34-13-14-37-30(23-34)24-36(45-18-7-8-20-51)41(53)50(37)32-11-9-10-29(22-32)26-49-38-15-12-33(55-3)25-35(38)43(42(49)54)28(2)40(58(4,5)44)39(57-43)16-19-48-27-31(17-21-52)46-47-48/h9-15,22-23,25,27-28,36,39-40,45,51-52H,6-8,16-21,24,26H2,1-5H3/t28-,36?,39+,40-,43+/m1/s1. The fraction of sp³-hybridized carbons (Fsp3) is 0.488. The van der Waals surface area contributed by atoms with Crippen molar-refractivity contribution in [2.75, 3.05) is 43.3 Å². The number of amides is 2. The zero-order valence-electron chi connectivity index (χ0n) is 34.0. The highest BCUT2D eigenvalue weighted by atomic mass is 28.4. The van der Waals surface area contributed by atoms with Crippen molar-refractivity contribution in [1.82, 2.24) is 20.3 Å². The molecule has 13 nitrogen and oxygen atoms in total. The van der Waals surface area contributed by atoms with Crippen LogP contribution in [0.4, 0.5) is 21.2 Å². The van der Waals surface area contributed by atoms with Gasteiger partial charge in [0, 0.05) is 55.1 Å². The minimum absolute atomic E-state index is 0.0370. The van der Waals surface area contributed by atoms with Crippen molar-refractivity contribution in [3.63, 3.8) is 0 Å². The van der Waals surface area contributed by atoms with Crippen molar-refractivity contribution >= 4 is 37.3 Å². The number of ether oxygens (including phenoxy) is 3. The minimum atomic E-state index is -3.41. The van der Waals surface area contributed by atoms with Crippen LogP contribution in [0.1, 0.15) is 55.5 Å². The van der Waals surface area contributed by atoms with Gasteiger partial charge < -0.3 is 38.7 Å². The maximum atomic E-state index is 16.5. The van der Waals surface area contributed by atoms with Gasteiger partial charge in [-0.25, -0.2) is 0 Å². The molecule has 3 aliphatic heterocycles. The molecule has 1 fully saturated rings. The van der Waals surface area contributed by atoms with E-state index in [1.807, 2.05) is 74.5 Å². The molecule has 4 aromatic rings. The van der Waals surface area contributed by atoms with Crippen LogP contribution in [0.3, 0.4) is 0 Å². The normalized spacial score (nSPS) is 22.8. The molecule has 0 bridgehead atoms. The Labute approximate surface area is 340 Å². The number of nitrogens with zero attached hydrogens (tertiary/aromatic N) is 5. The molecule has 2 amide bonds. The summed E-state index contributed by atoms with van der Waals surface area (Å²) >= 11 is 0. The molecule has 3 aliphatic rings. The Morgan fingerprint density at radius 1 is 1.03 bits per heavy atom. The molecule has 15 heteroatoms. The Morgan fingerprint density at radius 3 is 2.57 bits per heavy atom. The number of hydrogen-bond donors (Lipinski definition) is 3. The summed E-state index contributed by atoms with van der Waals surface area (Å²) in [5, 5.41) is 30.4. The number of methoxy groups -OCH3 is 1. The molecule has 7 rings (SSSR count). The van der Waals surface area contributed by atoms with Gasteiger partial charge in [-0.3, -0.25) is 19.2 Å². The van der Waals surface area contributed by atoms with Gasteiger partial charge in [0.15, 0.2) is 5.60 Å². The van der Waals surface area contributed by atoms with E-state index in [9.17, 15) is 15.0 Å². The number of fused-ring (bicyclic) bond motifs is 3. The second-order valence-corrected chi connectivity index (χ2v) is 19.8. The predicted molar refractivity (Wildman–Crippen MR) is 221 cm³/mol. The van der Waals surface area contributed by atoms with Crippen molar-refractivity contribution in [2.24, 2.45) is 5.92 Å². The van der Waals surface area contributed by atoms with Gasteiger partial charge in [0.2, 0.25) is 14.3 Å². The first-order chi connectivity index (χ1) is 27.9. The maximum Gasteiger partial charge on any atom is 0.264 e. The number of halogens is 1. The first-order valence-electron chi connectivity index (χ1n) is 20.3. The van der Waals surface area contributed by atoms with Crippen molar-refractivity contribution in [1.29, 1.82) is 0 Å². The molecule has 1 unspecified atom stereocenters. The molecule has 0 radical (unpaired) electrons. The predicted octanol–water partition coefficient (Wildman–Crippen LogP) is 5.58. The van der Waals surface area contributed by atoms with E-state index in [1.54, 1.807) is 40.9 Å². The molecule has 1 saturated heterocycles. The van der Waals surface area contributed by atoms with Gasteiger partial charge in [-0.2, -0.15) is 0 Å². The van der Waals surface area contributed by atoms with Crippen LogP contribution in [0, 0.1) is 5.92 Å². The van der Waals surface area contributed by atoms with Crippen LogP contribution in [-0.4, -0.2) is 91.0 Å². The molecule has 5 atom stereocenters. The first-order valence-corrected chi connectivity index (χ1v) is 23.3. The molecular formula is C43H55FN6O7Si. The second kappa shape index (κ2) is 17.3. The van der Waals surface area contributed by atoms with Crippen LogP contribution in [0.15, 0.2) is 66.9 Å². The average molecular weight is 815 g/mol. The molecule has 3 aromatic carbocycles. The Morgan fingerprint density at radius 2 is 1.83 bits per heavy atom. The third-order valence-electron chi connectivity index (χ3n) is 11.8. The van der Waals surface area contributed by atoms with E-state index in [0.717, 1.165) is 29.0 Å². The van der Waals surface area contributed by atoms with E-state index in [4.69, 9.17) is 14.2 Å². The SMILES string of the molecule is CCOc1ccc2c(c1)CC(NCCCCO)C(=O)N2c1cccc(CN2C(=O)[C@@]3(O[C@@H](CCn4cc(CCO)nn4)[C@H]([Si](C)(C)F)[C@H]3C)c3cc(OC)ccc32)c1. The number of carbonyl (C=O) groups excluding carboxylic acids is 2. The molecular weight excluding hydrogens is 760 g/mol. The number of aliphatic hydroxyl groups excluding tert-OH is 2. The number of carbonyl (C=O) groups is 2. The van der Waals surface area contributed by atoms with Gasteiger partial charge >= 0.3 is 0 Å². The molecule has 0 saturated carbocycles. The summed E-state index contributed by atoms with van der Waals surface area (Å²) in [7, 11) is -1.84. The van der Waals surface area contributed by atoms with E-state index in [2.05, 4.69) is 15.6 Å². The summed E-state index contributed by atoms with van der Waals surface area (Å²) in [6, 6.07) is 18.5. The summed E-state index contributed by atoms with van der Waals surface area (Å²) < 4.78 is 36.6. The highest BCUT2D eigenvalue weighted by Gasteiger charge is 2.66. The number of aromatic nitrogens is 3. The summed E-state index contributed by atoms with van der Waals surface area (Å²) in [6.07, 6.45) is 3.89. The van der Waals surface area contributed by atoms with Crippen molar-refractivity contribution in [2.45, 2.75) is 95.4 Å². The lowest BCUT2D eigenvalue weighted by Crippen LogP contribution is -2.49. The molecule has 4 heterocycles. The number of anilines is 3. The fourth-order valence-corrected chi connectivity index (χ4v) is 11.8. The second-order valence-electron chi connectivity index (χ2n) is 16.0. The largest absolute Gasteiger partial charge is 0.497 e.